The maximum absolute atomic E-state index is 13.3. The number of carboxylic acids is 1. The highest BCUT2D eigenvalue weighted by Gasteiger charge is 2.32. The van der Waals surface area contributed by atoms with Gasteiger partial charge in [-0.25, -0.2) is 4.79 Å². The van der Waals surface area contributed by atoms with Crippen LogP contribution in [0.3, 0.4) is 0 Å². The van der Waals surface area contributed by atoms with E-state index in [-0.39, 0.29) is 23.3 Å². The number of carbonyl (C=O) groups excluding carboxylic acids is 1. The lowest BCUT2D eigenvalue weighted by molar-refractivity contribution is -0.138. The first kappa shape index (κ1) is 23.7. The van der Waals surface area contributed by atoms with E-state index in [4.69, 9.17) is 9.84 Å². The Labute approximate surface area is 175 Å². The summed E-state index contributed by atoms with van der Waals surface area (Å²) in [5, 5.41) is 18.4. The van der Waals surface area contributed by atoms with E-state index in [1.54, 1.807) is 0 Å². The number of aliphatic carboxylic acids is 1. The van der Waals surface area contributed by atoms with E-state index in [2.05, 4.69) is 0 Å². The molecular weight excluding hydrogens is 419 g/mol. The number of halogens is 3. The molecule has 0 aliphatic rings. The second kappa shape index (κ2) is 9.50. The van der Waals surface area contributed by atoms with Crippen molar-refractivity contribution >= 4 is 17.8 Å². The molecule has 10 heteroatoms. The standard InChI is InChI=1S/C21H20F3NO6/c1-12(26)10-25(20(29)30)11-14-9-15(21(22,23)24)4-5-16(14)17-7-13(8-19(27)28)3-6-18(17)31-2/h3-7,9H,8,10-11H2,1-2H3,(H,27,28)(H,29,30). The topological polar surface area (TPSA) is 104 Å². The average Bonchev–Trinajstić information content (AvgIpc) is 2.65. The fourth-order valence-electron chi connectivity index (χ4n) is 3.08. The Hall–Kier alpha value is -3.56. The first-order chi connectivity index (χ1) is 14.4. The van der Waals surface area contributed by atoms with Gasteiger partial charge in [0.25, 0.3) is 0 Å². The zero-order chi connectivity index (χ0) is 23.3. The van der Waals surface area contributed by atoms with Crippen LogP contribution in [0.1, 0.15) is 23.6 Å². The molecule has 0 heterocycles. The van der Waals surface area contributed by atoms with Gasteiger partial charge in [-0.05, 0) is 47.9 Å². The minimum Gasteiger partial charge on any atom is -0.496 e. The molecule has 0 unspecified atom stereocenters. The number of rotatable bonds is 8. The second-order valence-electron chi connectivity index (χ2n) is 6.82. The molecule has 0 aliphatic heterocycles. The summed E-state index contributed by atoms with van der Waals surface area (Å²) in [6, 6.07) is 7.30. The predicted molar refractivity (Wildman–Crippen MR) is 104 cm³/mol. The Balaban J connectivity index is 2.68. The minimum absolute atomic E-state index is 0.00995. The van der Waals surface area contributed by atoms with Gasteiger partial charge in [-0.3, -0.25) is 14.5 Å². The molecule has 2 aromatic rings. The van der Waals surface area contributed by atoms with Crippen molar-refractivity contribution in [1.29, 1.82) is 0 Å². The molecule has 0 aliphatic carbocycles. The normalized spacial score (nSPS) is 11.1. The van der Waals surface area contributed by atoms with Crippen LogP contribution in [0.4, 0.5) is 18.0 Å². The van der Waals surface area contributed by atoms with Crippen molar-refractivity contribution in [1.82, 2.24) is 4.90 Å². The summed E-state index contributed by atoms with van der Waals surface area (Å²) >= 11 is 0. The molecule has 0 aromatic heterocycles. The number of alkyl halides is 3. The highest BCUT2D eigenvalue weighted by Crippen LogP contribution is 2.38. The van der Waals surface area contributed by atoms with Crippen molar-refractivity contribution in [2.45, 2.75) is 26.1 Å². The first-order valence-corrected chi connectivity index (χ1v) is 8.99. The van der Waals surface area contributed by atoms with E-state index in [0.29, 0.717) is 16.0 Å². The Morgan fingerprint density at radius 3 is 2.23 bits per heavy atom. The summed E-state index contributed by atoms with van der Waals surface area (Å²) in [7, 11) is 1.35. The number of benzene rings is 2. The van der Waals surface area contributed by atoms with E-state index >= 15 is 0 Å². The number of hydrogen-bond acceptors (Lipinski definition) is 4. The third-order valence-corrected chi connectivity index (χ3v) is 4.39. The number of ether oxygens (including phenoxy) is 1. The van der Waals surface area contributed by atoms with Gasteiger partial charge in [0.2, 0.25) is 0 Å². The van der Waals surface area contributed by atoms with E-state index in [1.807, 2.05) is 0 Å². The van der Waals surface area contributed by atoms with Crippen LogP contribution >= 0.6 is 0 Å². The van der Waals surface area contributed by atoms with E-state index in [0.717, 1.165) is 12.1 Å². The fraction of sp³-hybridized carbons (Fsp3) is 0.286. The van der Waals surface area contributed by atoms with Crippen LogP contribution in [0.25, 0.3) is 11.1 Å². The summed E-state index contributed by atoms with van der Waals surface area (Å²) in [5.74, 6) is -1.30. The van der Waals surface area contributed by atoms with Gasteiger partial charge in [-0.1, -0.05) is 12.1 Å². The number of carbonyl (C=O) groups is 3. The molecule has 1 amide bonds. The Morgan fingerprint density at radius 2 is 1.71 bits per heavy atom. The molecule has 0 atom stereocenters. The maximum atomic E-state index is 13.3. The number of ketones is 1. The highest BCUT2D eigenvalue weighted by atomic mass is 19.4. The van der Waals surface area contributed by atoms with Crippen LogP contribution < -0.4 is 4.74 Å². The molecule has 7 nitrogen and oxygen atoms in total. The van der Waals surface area contributed by atoms with Crippen LogP contribution in [0.15, 0.2) is 36.4 Å². The van der Waals surface area contributed by atoms with Crippen molar-refractivity contribution < 1.29 is 42.5 Å². The SMILES string of the molecule is COc1ccc(CC(=O)O)cc1-c1ccc(C(F)(F)F)cc1CN(CC(C)=O)C(=O)O. The predicted octanol–water partition coefficient (Wildman–Crippen LogP) is 4.08. The van der Waals surface area contributed by atoms with Crippen molar-refractivity contribution in [3.63, 3.8) is 0 Å². The molecular formula is C21H20F3NO6. The zero-order valence-corrected chi connectivity index (χ0v) is 16.7. The molecule has 0 saturated carbocycles. The monoisotopic (exact) mass is 439 g/mol. The van der Waals surface area contributed by atoms with Gasteiger partial charge in [-0.2, -0.15) is 13.2 Å². The minimum atomic E-state index is -4.67. The summed E-state index contributed by atoms with van der Waals surface area (Å²) in [5.41, 5.74) is -0.0812. The zero-order valence-electron chi connectivity index (χ0n) is 16.7. The number of Topliss-reactive ketones (excluding diaryl/α,β-unsaturated/α-hetero) is 1. The lowest BCUT2D eigenvalue weighted by Gasteiger charge is -2.22. The van der Waals surface area contributed by atoms with Gasteiger partial charge < -0.3 is 14.9 Å². The van der Waals surface area contributed by atoms with E-state index < -0.39 is 42.7 Å². The molecule has 0 bridgehead atoms. The number of hydrogen-bond donors (Lipinski definition) is 2. The summed E-state index contributed by atoms with van der Waals surface area (Å²) in [4.78, 5) is 34.7. The Bertz CT molecular complexity index is 1000. The van der Waals surface area contributed by atoms with Crippen LogP contribution in [0, 0.1) is 0 Å². The summed E-state index contributed by atoms with van der Waals surface area (Å²) < 4.78 is 45.1. The quantitative estimate of drug-likeness (QED) is 0.643. The van der Waals surface area contributed by atoms with Crippen LogP contribution in [-0.4, -0.2) is 46.6 Å². The van der Waals surface area contributed by atoms with Crippen molar-refractivity contribution in [2.24, 2.45) is 0 Å². The number of nitrogens with zero attached hydrogens (tertiary/aromatic N) is 1. The van der Waals surface area contributed by atoms with Gasteiger partial charge >= 0.3 is 18.2 Å². The van der Waals surface area contributed by atoms with Crippen molar-refractivity contribution in [3.8, 4) is 16.9 Å². The van der Waals surface area contributed by atoms with Gasteiger partial charge in [0.15, 0.2) is 0 Å². The number of methoxy groups -OCH3 is 1. The number of amides is 1. The molecule has 0 saturated heterocycles. The molecule has 0 spiro atoms. The maximum Gasteiger partial charge on any atom is 0.416 e. The fourth-order valence-corrected chi connectivity index (χ4v) is 3.08. The third-order valence-electron chi connectivity index (χ3n) is 4.39. The largest absolute Gasteiger partial charge is 0.496 e. The summed E-state index contributed by atoms with van der Waals surface area (Å²) in [6.45, 7) is 0.184. The van der Waals surface area contributed by atoms with Crippen molar-refractivity contribution in [2.75, 3.05) is 13.7 Å². The van der Waals surface area contributed by atoms with Gasteiger partial charge in [0.05, 0.1) is 32.2 Å². The Morgan fingerprint density at radius 1 is 1.03 bits per heavy atom. The van der Waals surface area contributed by atoms with Gasteiger partial charge in [0.1, 0.15) is 11.5 Å². The molecule has 2 rings (SSSR count). The average molecular weight is 439 g/mol. The molecule has 0 radical (unpaired) electrons. The molecule has 31 heavy (non-hydrogen) atoms. The molecule has 2 aromatic carbocycles. The van der Waals surface area contributed by atoms with E-state index in [1.165, 1.54) is 38.3 Å². The van der Waals surface area contributed by atoms with E-state index in [9.17, 15) is 32.7 Å². The van der Waals surface area contributed by atoms with Gasteiger partial charge in [-0.15, -0.1) is 0 Å². The van der Waals surface area contributed by atoms with Crippen LogP contribution in [0.5, 0.6) is 5.75 Å². The number of carboxylic acid groups (broad SMARTS) is 2. The van der Waals surface area contributed by atoms with Gasteiger partial charge in [0, 0.05) is 5.56 Å². The van der Waals surface area contributed by atoms with Crippen molar-refractivity contribution in [3.05, 3.63) is 53.1 Å². The Kier molecular flexibility index (Phi) is 7.27. The third kappa shape index (κ3) is 6.21. The second-order valence-corrected chi connectivity index (χ2v) is 6.82. The highest BCUT2D eigenvalue weighted by molar-refractivity contribution is 5.82. The molecule has 166 valence electrons. The molecule has 0 fully saturated rings. The lowest BCUT2D eigenvalue weighted by atomic mass is 9.94. The molecule has 2 N–H and O–H groups in total. The van der Waals surface area contributed by atoms with Crippen LogP contribution in [0.2, 0.25) is 0 Å². The van der Waals surface area contributed by atoms with Crippen LogP contribution in [-0.2, 0) is 28.7 Å². The lowest BCUT2D eigenvalue weighted by Crippen LogP contribution is -2.33. The summed E-state index contributed by atoms with van der Waals surface area (Å²) in [6.07, 6.45) is -6.46. The first-order valence-electron chi connectivity index (χ1n) is 8.99. The smallest absolute Gasteiger partial charge is 0.416 e.